The van der Waals surface area contributed by atoms with Crippen molar-refractivity contribution in [2.75, 3.05) is 5.73 Å². The number of carboxylic acid groups (broad SMARTS) is 1. The second kappa shape index (κ2) is 9.79. The van der Waals surface area contributed by atoms with Gasteiger partial charge in [0.1, 0.15) is 6.61 Å². The van der Waals surface area contributed by atoms with Crippen molar-refractivity contribution >= 4 is 23.6 Å². The molecule has 3 N–H and O–H groups in total. The predicted octanol–water partition coefficient (Wildman–Crippen LogP) is 2.62. The lowest BCUT2D eigenvalue weighted by atomic mass is 9.91. The van der Waals surface area contributed by atoms with Gasteiger partial charge in [-0.2, -0.15) is 0 Å². The average Bonchev–Trinajstić information content (AvgIpc) is 2.56. The predicted molar refractivity (Wildman–Crippen MR) is 96.4 cm³/mol. The Bertz CT molecular complexity index is 670. The van der Waals surface area contributed by atoms with Gasteiger partial charge in [-0.1, -0.05) is 13.0 Å². The van der Waals surface area contributed by atoms with Crippen molar-refractivity contribution in [2.45, 2.75) is 59.7 Å². The molecule has 0 saturated heterocycles. The first kappa shape index (κ1) is 21.5. The van der Waals surface area contributed by atoms with Crippen LogP contribution in [-0.4, -0.2) is 29.1 Å². The highest BCUT2D eigenvalue weighted by Gasteiger charge is 2.26. The fraction of sp³-hybridized carbons (Fsp3) is 0.526. The van der Waals surface area contributed by atoms with Crippen LogP contribution in [0, 0.1) is 12.8 Å². The minimum Gasteiger partial charge on any atom is -0.481 e. The van der Waals surface area contributed by atoms with E-state index in [1.54, 1.807) is 26.0 Å². The lowest BCUT2D eigenvalue weighted by molar-refractivity contribution is -0.157. The van der Waals surface area contributed by atoms with Crippen molar-refractivity contribution in [3.8, 4) is 0 Å². The Kier molecular flexibility index (Phi) is 8.09. The first-order chi connectivity index (χ1) is 12.1. The summed E-state index contributed by atoms with van der Waals surface area (Å²) in [7, 11) is 0. The molecule has 0 aliphatic heterocycles. The summed E-state index contributed by atoms with van der Waals surface area (Å²) in [5.74, 6) is -2.89. The van der Waals surface area contributed by atoms with Gasteiger partial charge in [0.05, 0.1) is 18.4 Å². The molecule has 0 aliphatic rings. The molecule has 0 amide bonds. The molecule has 0 heterocycles. The van der Waals surface area contributed by atoms with Gasteiger partial charge < -0.3 is 20.3 Å². The standard InChI is InChI=1S/C19H27NO6/c1-5-11(2)26-19(24)15(9-18(22)23)8-14-6-7-17(20)12(3)16(14)10-25-13(4)21/h6-7,11,15H,5,8-10,20H2,1-4H3,(H,22,23). The van der Waals surface area contributed by atoms with Gasteiger partial charge in [0.2, 0.25) is 0 Å². The molecule has 2 atom stereocenters. The third kappa shape index (κ3) is 6.38. The minimum absolute atomic E-state index is 0.0156. The lowest BCUT2D eigenvalue weighted by Gasteiger charge is -2.20. The average molecular weight is 365 g/mol. The number of nitrogen functional groups attached to an aromatic ring is 1. The van der Waals surface area contributed by atoms with E-state index in [0.717, 1.165) is 5.56 Å². The van der Waals surface area contributed by atoms with Gasteiger partial charge in [-0.05, 0) is 49.4 Å². The van der Waals surface area contributed by atoms with Gasteiger partial charge in [0.25, 0.3) is 0 Å². The Morgan fingerprint density at radius 3 is 2.46 bits per heavy atom. The Morgan fingerprint density at radius 1 is 1.27 bits per heavy atom. The third-order valence-corrected chi connectivity index (χ3v) is 4.27. The van der Waals surface area contributed by atoms with E-state index in [1.807, 2.05) is 6.92 Å². The minimum atomic E-state index is -1.08. The molecule has 7 heteroatoms. The maximum absolute atomic E-state index is 12.4. The maximum Gasteiger partial charge on any atom is 0.310 e. The number of ether oxygens (including phenoxy) is 2. The summed E-state index contributed by atoms with van der Waals surface area (Å²) in [4.78, 5) is 34.7. The Morgan fingerprint density at radius 2 is 1.92 bits per heavy atom. The van der Waals surface area contributed by atoms with Gasteiger partial charge in [-0.25, -0.2) is 0 Å². The molecule has 7 nitrogen and oxygen atoms in total. The van der Waals surface area contributed by atoms with Crippen LogP contribution in [-0.2, 0) is 36.9 Å². The number of carboxylic acids is 1. The fourth-order valence-electron chi connectivity index (χ4n) is 2.49. The summed E-state index contributed by atoms with van der Waals surface area (Å²) in [6.07, 6.45) is 0.183. The molecule has 0 radical (unpaired) electrons. The lowest BCUT2D eigenvalue weighted by Crippen LogP contribution is -2.26. The first-order valence-corrected chi connectivity index (χ1v) is 8.58. The van der Waals surface area contributed by atoms with E-state index >= 15 is 0 Å². The van der Waals surface area contributed by atoms with Crippen LogP contribution >= 0.6 is 0 Å². The summed E-state index contributed by atoms with van der Waals surface area (Å²) in [5, 5.41) is 9.15. The molecule has 2 unspecified atom stereocenters. The van der Waals surface area contributed by atoms with Crippen molar-refractivity contribution in [2.24, 2.45) is 5.92 Å². The van der Waals surface area contributed by atoms with E-state index in [9.17, 15) is 14.4 Å². The highest BCUT2D eigenvalue weighted by Crippen LogP contribution is 2.25. The quantitative estimate of drug-likeness (QED) is 0.510. The SMILES string of the molecule is CCC(C)OC(=O)C(CC(=O)O)Cc1ccc(N)c(C)c1COC(C)=O. The van der Waals surface area contributed by atoms with Crippen LogP contribution in [0.15, 0.2) is 12.1 Å². The van der Waals surface area contributed by atoms with Crippen LogP contribution in [0.3, 0.4) is 0 Å². The van der Waals surface area contributed by atoms with E-state index in [0.29, 0.717) is 23.2 Å². The van der Waals surface area contributed by atoms with Crippen molar-refractivity contribution in [3.05, 3.63) is 28.8 Å². The van der Waals surface area contributed by atoms with Crippen LogP contribution < -0.4 is 5.73 Å². The maximum atomic E-state index is 12.4. The van der Waals surface area contributed by atoms with Crippen molar-refractivity contribution in [1.82, 2.24) is 0 Å². The monoisotopic (exact) mass is 365 g/mol. The van der Waals surface area contributed by atoms with Gasteiger partial charge in [0, 0.05) is 12.6 Å². The number of hydrogen-bond donors (Lipinski definition) is 2. The molecule has 0 saturated carbocycles. The normalized spacial score (nSPS) is 12.9. The number of benzene rings is 1. The Hall–Kier alpha value is -2.57. The highest BCUT2D eigenvalue weighted by molar-refractivity contribution is 5.79. The highest BCUT2D eigenvalue weighted by atomic mass is 16.5. The molecule has 0 aromatic heterocycles. The van der Waals surface area contributed by atoms with E-state index in [2.05, 4.69) is 0 Å². The number of hydrogen-bond acceptors (Lipinski definition) is 6. The first-order valence-electron chi connectivity index (χ1n) is 8.58. The molecule has 1 rings (SSSR count). The Labute approximate surface area is 153 Å². The topological polar surface area (TPSA) is 116 Å². The summed E-state index contributed by atoms with van der Waals surface area (Å²) >= 11 is 0. The number of anilines is 1. The Balaban J connectivity index is 3.12. The summed E-state index contributed by atoms with van der Waals surface area (Å²) < 4.78 is 10.4. The van der Waals surface area contributed by atoms with Crippen molar-refractivity contribution in [1.29, 1.82) is 0 Å². The van der Waals surface area contributed by atoms with E-state index in [4.69, 9.17) is 20.3 Å². The van der Waals surface area contributed by atoms with Crippen LogP contribution in [0.2, 0.25) is 0 Å². The second-order valence-electron chi connectivity index (χ2n) is 6.35. The van der Waals surface area contributed by atoms with Crippen molar-refractivity contribution in [3.63, 3.8) is 0 Å². The van der Waals surface area contributed by atoms with Gasteiger partial charge in [0.15, 0.2) is 0 Å². The van der Waals surface area contributed by atoms with Crippen LogP contribution in [0.4, 0.5) is 5.69 Å². The summed E-state index contributed by atoms with van der Waals surface area (Å²) in [6.45, 7) is 6.75. The molecule has 144 valence electrons. The molecule has 26 heavy (non-hydrogen) atoms. The molecule has 0 fully saturated rings. The third-order valence-electron chi connectivity index (χ3n) is 4.27. The molecule has 0 spiro atoms. The zero-order valence-electron chi connectivity index (χ0n) is 15.7. The molecule has 0 bridgehead atoms. The molecule has 1 aromatic rings. The van der Waals surface area contributed by atoms with Crippen LogP contribution in [0.1, 0.15) is 50.3 Å². The van der Waals surface area contributed by atoms with Crippen molar-refractivity contribution < 1.29 is 29.0 Å². The second-order valence-corrected chi connectivity index (χ2v) is 6.35. The largest absolute Gasteiger partial charge is 0.481 e. The number of carbonyl (C=O) groups excluding carboxylic acids is 2. The van der Waals surface area contributed by atoms with Gasteiger partial charge in [-0.15, -0.1) is 0 Å². The zero-order valence-corrected chi connectivity index (χ0v) is 15.7. The molecule has 1 aromatic carbocycles. The van der Waals surface area contributed by atoms with Crippen LogP contribution in [0.5, 0.6) is 0 Å². The fourth-order valence-corrected chi connectivity index (χ4v) is 2.49. The molecule has 0 aliphatic carbocycles. The van der Waals surface area contributed by atoms with Gasteiger partial charge >= 0.3 is 17.9 Å². The van der Waals surface area contributed by atoms with Crippen LogP contribution in [0.25, 0.3) is 0 Å². The number of nitrogens with two attached hydrogens (primary N) is 1. The zero-order chi connectivity index (χ0) is 19.9. The number of esters is 2. The molecular formula is C19H27NO6. The number of carbonyl (C=O) groups is 3. The van der Waals surface area contributed by atoms with Gasteiger partial charge in [-0.3, -0.25) is 14.4 Å². The number of rotatable bonds is 9. The number of aliphatic carboxylic acids is 1. The van der Waals surface area contributed by atoms with E-state index in [-0.39, 0.29) is 25.6 Å². The smallest absolute Gasteiger partial charge is 0.310 e. The van der Waals surface area contributed by atoms with E-state index < -0.39 is 23.8 Å². The summed E-state index contributed by atoms with van der Waals surface area (Å²) in [6, 6.07) is 3.42. The molecular weight excluding hydrogens is 338 g/mol. The summed E-state index contributed by atoms with van der Waals surface area (Å²) in [5.41, 5.74) is 8.60. The van der Waals surface area contributed by atoms with E-state index in [1.165, 1.54) is 6.92 Å².